The third-order valence-electron chi connectivity index (χ3n) is 3.49. The topological polar surface area (TPSA) is 64.0 Å². The second-order valence-electron chi connectivity index (χ2n) is 5.44. The Labute approximate surface area is 131 Å². The van der Waals surface area contributed by atoms with Gasteiger partial charge in [-0.05, 0) is 31.0 Å². The van der Waals surface area contributed by atoms with Crippen LogP contribution >= 0.6 is 15.9 Å². The molecule has 0 saturated carbocycles. The van der Waals surface area contributed by atoms with Crippen LogP contribution in [-0.2, 0) is 11.3 Å². The van der Waals surface area contributed by atoms with Crippen molar-refractivity contribution in [3.8, 4) is 0 Å². The first-order valence-electron chi connectivity index (χ1n) is 6.82. The van der Waals surface area contributed by atoms with E-state index in [-0.39, 0.29) is 24.1 Å². The zero-order chi connectivity index (χ0) is 15.6. The Hall–Kier alpha value is -1.69. The van der Waals surface area contributed by atoms with E-state index in [4.69, 9.17) is 0 Å². The number of aromatic nitrogens is 2. The Morgan fingerprint density at radius 1 is 1.38 bits per heavy atom. The van der Waals surface area contributed by atoms with Crippen LogP contribution in [0.1, 0.15) is 20.8 Å². The van der Waals surface area contributed by atoms with Gasteiger partial charge in [0, 0.05) is 10.5 Å². The van der Waals surface area contributed by atoms with E-state index >= 15 is 0 Å². The number of carbonyl (C=O) groups excluding carboxylic acids is 1. The highest BCUT2D eigenvalue weighted by Gasteiger charge is 2.12. The lowest BCUT2D eigenvalue weighted by molar-refractivity contribution is -0.122. The smallest absolute Gasteiger partial charge is 0.261 e. The molecule has 2 rings (SSSR count). The van der Waals surface area contributed by atoms with Gasteiger partial charge in [-0.3, -0.25) is 14.2 Å². The number of hydrogen-bond acceptors (Lipinski definition) is 3. The summed E-state index contributed by atoms with van der Waals surface area (Å²) in [5.74, 6) is 0.158. The van der Waals surface area contributed by atoms with Gasteiger partial charge in [-0.1, -0.05) is 29.8 Å². The van der Waals surface area contributed by atoms with Gasteiger partial charge < -0.3 is 5.32 Å². The highest BCUT2D eigenvalue weighted by Crippen LogP contribution is 2.14. The molecule has 112 valence electrons. The Balaban J connectivity index is 2.25. The summed E-state index contributed by atoms with van der Waals surface area (Å²) in [6.07, 6.45) is 1.41. The molecule has 0 bridgehead atoms. The Bertz CT molecular complexity index is 724. The zero-order valence-corrected chi connectivity index (χ0v) is 13.8. The van der Waals surface area contributed by atoms with E-state index in [0.717, 1.165) is 4.47 Å². The summed E-state index contributed by atoms with van der Waals surface area (Å²) < 4.78 is 2.14. The van der Waals surface area contributed by atoms with Crippen LogP contribution in [0.15, 0.2) is 33.8 Å². The molecule has 21 heavy (non-hydrogen) atoms. The summed E-state index contributed by atoms with van der Waals surface area (Å²) >= 11 is 3.34. The van der Waals surface area contributed by atoms with Crippen LogP contribution in [0.5, 0.6) is 0 Å². The van der Waals surface area contributed by atoms with Crippen molar-refractivity contribution in [2.45, 2.75) is 33.4 Å². The molecule has 1 aromatic carbocycles. The summed E-state index contributed by atoms with van der Waals surface area (Å²) in [6, 6.07) is 5.38. The predicted molar refractivity (Wildman–Crippen MR) is 86.1 cm³/mol. The molecule has 1 aromatic heterocycles. The van der Waals surface area contributed by atoms with Crippen molar-refractivity contribution in [1.29, 1.82) is 0 Å². The lowest BCUT2D eigenvalue weighted by atomic mass is 10.1. The molecule has 1 N–H and O–H groups in total. The van der Waals surface area contributed by atoms with Gasteiger partial charge in [0.15, 0.2) is 0 Å². The fraction of sp³-hybridized carbons (Fsp3) is 0.400. The molecule has 1 atom stereocenters. The van der Waals surface area contributed by atoms with Crippen molar-refractivity contribution < 1.29 is 4.79 Å². The van der Waals surface area contributed by atoms with E-state index in [1.807, 2.05) is 26.8 Å². The Morgan fingerprint density at radius 2 is 2.10 bits per heavy atom. The monoisotopic (exact) mass is 351 g/mol. The molecule has 0 radical (unpaired) electrons. The summed E-state index contributed by atoms with van der Waals surface area (Å²) in [7, 11) is 0. The Kier molecular flexibility index (Phi) is 4.77. The number of rotatable bonds is 4. The van der Waals surface area contributed by atoms with Crippen LogP contribution in [0, 0.1) is 5.92 Å². The van der Waals surface area contributed by atoms with E-state index in [9.17, 15) is 9.59 Å². The summed E-state index contributed by atoms with van der Waals surface area (Å²) in [5.41, 5.74) is 0.407. The quantitative estimate of drug-likeness (QED) is 0.919. The van der Waals surface area contributed by atoms with E-state index in [2.05, 4.69) is 26.2 Å². The normalized spacial score (nSPS) is 12.6. The molecular weight excluding hydrogens is 334 g/mol. The maximum atomic E-state index is 12.4. The summed E-state index contributed by atoms with van der Waals surface area (Å²) in [6.45, 7) is 5.99. The lowest BCUT2D eigenvalue weighted by Crippen LogP contribution is -2.39. The summed E-state index contributed by atoms with van der Waals surface area (Å²) in [5, 5.41) is 3.38. The molecule has 0 aliphatic carbocycles. The maximum absolute atomic E-state index is 12.4. The van der Waals surface area contributed by atoms with Crippen molar-refractivity contribution in [3.63, 3.8) is 0 Å². The van der Waals surface area contributed by atoms with Crippen molar-refractivity contribution in [3.05, 3.63) is 39.4 Å². The molecule has 6 heteroatoms. The number of hydrogen-bond donors (Lipinski definition) is 1. The van der Waals surface area contributed by atoms with E-state index in [1.54, 1.807) is 12.1 Å². The van der Waals surface area contributed by atoms with Gasteiger partial charge in [-0.25, -0.2) is 4.98 Å². The van der Waals surface area contributed by atoms with Gasteiger partial charge >= 0.3 is 0 Å². The molecule has 0 aliphatic heterocycles. The fourth-order valence-electron chi connectivity index (χ4n) is 1.86. The second-order valence-corrected chi connectivity index (χ2v) is 6.35. The van der Waals surface area contributed by atoms with Crippen LogP contribution in [0.4, 0.5) is 0 Å². The first kappa shape index (κ1) is 15.7. The van der Waals surface area contributed by atoms with Gasteiger partial charge in [-0.2, -0.15) is 0 Å². The minimum absolute atomic E-state index is 0.0225. The van der Waals surface area contributed by atoms with Crippen molar-refractivity contribution in [1.82, 2.24) is 14.9 Å². The zero-order valence-electron chi connectivity index (χ0n) is 12.3. The van der Waals surface area contributed by atoms with Crippen molar-refractivity contribution >= 4 is 32.7 Å². The van der Waals surface area contributed by atoms with Gasteiger partial charge in [0.2, 0.25) is 5.91 Å². The van der Waals surface area contributed by atoms with Crippen LogP contribution in [0.3, 0.4) is 0 Å². The molecule has 0 unspecified atom stereocenters. The minimum Gasteiger partial charge on any atom is -0.352 e. The first-order valence-corrected chi connectivity index (χ1v) is 7.62. The number of carbonyl (C=O) groups is 1. The van der Waals surface area contributed by atoms with Crippen LogP contribution < -0.4 is 10.9 Å². The highest BCUT2D eigenvalue weighted by molar-refractivity contribution is 9.10. The number of fused-ring (bicyclic) bond motifs is 1. The largest absolute Gasteiger partial charge is 0.352 e. The Morgan fingerprint density at radius 3 is 2.76 bits per heavy atom. The number of amides is 1. The molecule has 5 nitrogen and oxygen atoms in total. The average Bonchev–Trinajstić information content (AvgIpc) is 2.42. The number of nitrogens with one attached hydrogen (secondary N) is 1. The van der Waals surface area contributed by atoms with Crippen LogP contribution in [0.2, 0.25) is 0 Å². The predicted octanol–water partition coefficient (Wildman–Crippen LogP) is 2.32. The molecule has 0 spiro atoms. The van der Waals surface area contributed by atoms with Crippen LogP contribution in [0.25, 0.3) is 10.9 Å². The average molecular weight is 352 g/mol. The van der Waals surface area contributed by atoms with Crippen molar-refractivity contribution in [2.75, 3.05) is 0 Å². The standard InChI is InChI=1S/C15H18BrN3O2/c1-9(2)10(3)18-14(20)7-19-8-17-13-5-4-11(16)6-12(13)15(19)21/h4-6,8-10H,7H2,1-3H3,(H,18,20)/t10-/m0/s1. The SMILES string of the molecule is CC(C)[C@H](C)NC(=O)Cn1cnc2ccc(Br)cc2c1=O. The fourth-order valence-corrected chi connectivity index (χ4v) is 2.23. The number of benzene rings is 1. The molecule has 0 saturated heterocycles. The minimum atomic E-state index is -0.214. The second kappa shape index (κ2) is 6.39. The van der Waals surface area contributed by atoms with E-state index in [0.29, 0.717) is 16.8 Å². The third kappa shape index (κ3) is 3.69. The third-order valence-corrected chi connectivity index (χ3v) is 3.98. The molecule has 1 amide bonds. The van der Waals surface area contributed by atoms with Gasteiger partial charge in [0.05, 0.1) is 17.2 Å². The van der Waals surface area contributed by atoms with E-state index in [1.165, 1.54) is 10.9 Å². The maximum Gasteiger partial charge on any atom is 0.261 e. The van der Waals surface area contributed by atoms with Crippen molar-refractivity contribution in [2.24, 2.45) is 5.92 Å². The van der Waals surface area contributed by atoms with Gasteiger partial charge in [-0.15, -0.1) is 0 Å². The van der Waals surface area contributed by atoms with Crippen LogP contribution in [-0.4, -0.2) is 21.5 Å². The molecule has 0 fully saturated rings. The number of halogens is 1. The van der Waals surface area contributed by atoms with Gasteiger partial charge in [0.25, 0.3) is 5.56 Å². The van der Waals surface area contributed by atoms with Gasteiger partial charge in [0.1, 0.15) is 6.54 Å². The first-order chi connectivity index (χ1) is 9.88. The lowest BCUT2D eigenvalue weighted by Gasteiger charge is -2.17. The molecule has 2 aromatic rings. The molecule has 0 aliphatic rings. The summed E-state index contributed by atoms with van der Waals surface area (Å²) in [4.78, 5) is 28.5. The van der Waals surface area contributed by atoms with E-state index < -0.39 is 0 Å². The molecule has 1 heterocycles. The molecular formula is C15H18BrN3O2. The number of nitrogens with zero attached hydrogens (tertiary/aromatic N) is 2. The highest BCUT2D eigenvalue weighted by atomic mass is 79.9.